The van der Waals surface area contributed by atoms with Gasteiger partial charge in [-0.3, -0.25) is 4.79 Å². The Morgan fingerprint density at radius 2 is 1.84 bits per heavy atom. The van der Waals surface area contributed by atoms with Crippen LogP contribution in [0.15, 0.2) is 41.3 Å². The summed E-state index contributed by atoms with van der Waals surface area (Å²) in [5.74, 6) is -0.696. The molecule has 2 rings (SSSR count). The van der Waals surface area contributed by atoms with Gasteiger partial charge in [-0.2, -0.15) is 0 Å². The second kappa shape index (κ2) is 5.57. The van der Waals surface area contributed by atoms with Crippen LogP contribution in [0.25, 0.3) is 0 Å². The van der Waals surface area contributed by atoms with Gasteiger partial charge >= 0.3 is 0 Å². The van der Waals surface area contributed by atoms with Crippen LogP contribution in [0, 0.1) is 19.7 Å². The molecule has 0 saturated carbocycles. The van der Waals surface area contributed by atoms with Gasteiger partial charge in [0.1, 0.15) is 5.82 Å². The number of carbonyl (C=O) groups excluding carboxylic acids is 1. The molecular formula is C16H15FOS. The second-order valence-electron chi connectivity index (χ2n) is 4.47. The highest BCUT2D eigenvalue weighted by atomic mass is 32.2. The zero-order valence-electron chi connectivity index (χ0n) is 11.2. The van der Waals surface area contributed by atoms with Crippen molar-refractivity contribution < 1.29 is 9.18 Å². The fraction of sp³-hybridized carbons (Fsp3) is 0.188. The van der Waals surface area contributed by atoms with Crippen molar-refractivity contribution in [2.45, 2.75) is 18.7 Å². The fourth-order valence-electron chi connectivity index (χ4n) is 2.17. The van der Waals surface area contributed by atoms with Gasteiger partial charge in [0, 0.05) is 10.5 Å². The van der Waals surface area contributed by atoms with E-state index in [4.69, 9.17) is 0 Å². The number of aryl methyl sites for hydroxylation is 2. The minimum atomic E-state index is -0.446. The van der Waals surface area contributed by atoms with E-state index in [0.717, 1.165) is 10.5 Å². The Morgan fingerprint density at radius 3 is 2.47 bits per heavy atom. The van der Waals surface area contributed by atoms with E-state index in [1.807, 2.05) is 31.4 Å². The smallest absolute Gasteiger partial charge is 0.197 e. The van der Waals surface area contributed by atoms with Crippen LogP contribution in [0.1, 0.15) is 27.0 Å². The molecule has 0 amide bonds. The summed E-state index contributed by atoms with van der Waals surface area (Å²) in [5.41, 5.74) is 2.23. The fourth-order valence-corrected chi connectivity index (χ4v) is 2.77. The maximum Gasteiger partial charge on any atom is 0.197 e. The first-order valence-electron chi connectivity index (χ1n) is 5.99. The Balaban J connectivity index is 2.57. The SMILES string of the molecule is CSc1ccccc1C(=O)c1c(C)cc(C)cc1F. The number of benzene rings is 2. The second-order valence-corrected chi connectivity index (χ2v) is 5.32. The largest absolute Gasteiger partial charge is 0.288 e. The predicted octanol–water partition coefficient (Wildman–Crippen LogP) is 4.40. The Hall–Kier alpha value is -1.61. The van der Waals surface area contributed by atoms with Crippen molar-refractivity contribution >= 4 is 17.5 Å². The van der Waals surface area contributed by atoms with E-state index in [0.29, 0.717) is 11.1 Å². The van der Waals surface area contributed by atoms with E-state index in [-0.39, 0.29) is 11.3 Å². The molecule has 0 heterocycles. The number of thioether (sulfide) groups is 1. The molecule has 0 fully saturated rings. The molecule has 19 heavy (non-hydrogen) atoms. The first-order valence-corrected chi connectivity index (χ1v) is 7.21. The van der Waals surface area contributed by atoms with E-state index < -0.39 is 5.82 Å². The van der Waals surface area contributed by atoms with Crippen molar-refractivity contribution in [3.8, 4) is 0 Å². The van der Waals surface area contributed by atoms with E-state index in [9.17, 15) is 9.18 Å². The molecular weight excluding hydrogens is 259 g/mol. The van der Waals surface area contributed by atoms with E-state index in [1.54, 1.807) is 19.1 Å². The van der Waals surface area contributed by atoms with E-state index >= 15 is 0 Å². The zero-order chi connectivity index (χ0) is 14.0. The Morgan fingerprint density at radius 1 is 1.16 bits per heavy atom. The molecule has 1 nitrogen and oxygen atoms in total. The summed E-state index contributed by atoms with van der Waals surface area (Å²) in [6.07, 6.45) is 1.91. The highest BCUT2D eigenvalue weighted by Crippen LogP contribution is 2.25. The lowest BCUT2D eigenvalue weighted by atomic mass is 9.97. The minimum absolute atomic E-state index is 0.173. The summed E-state index contributed by atoms with van der Waals surface area (Å²) in [4.78, 5) is 13.4. The highest BCUT2D eigenvalue weighted by molar-refractivity contribution is 7.98. The summed E-state index contributed by atoms with van der Waals surface area (Å²) >= 11 is 1.49. The van der Waals surface area contributed by atoms with Crippen molar-refractivity contribution in [1.82, 2.24) is 0 Å². The third-order valence-electron chi connectivity index (χ3n) is 3.01. The molecule has 0 atom stereocenters. The molecule has 0 N–H and O–H groups in total. The van der Waals surface area contributed by atoms with Crippen LogP contribution in [0.4, 0.5) is 4.39 Å². The number of hydrogen-bond donors (Lipinski definition) is 0. The average Bonchev–Trinajstić information content (AvgIpc) is 2.37. The van der Waals surface area contributed by atoms with Crippen LogP contribution in [-0.4, -0.2) is 12.0 Å². The van der Waals surface area contributed by atoms with Crippen molar-refractivity contribution in [3.63, 3.8) is 0 Å². The van der Waals surface area contributed by atoms with Gasteiger partial charge in [0.2, 0.25) is 0 Å². The van der Waals surface area contributed by atoms with Crippen LogP contribution in [0.3, 0.4) is 0 Å². The summed E-state index contributed by atoms with van der Waals surface area (Å²) in [7, 11) is 0. The van der Waals surface area contributed by atoms with Gasteiger partial charge in [-0.25, -0.2) is 4.39 Å². The van der Waals surface area contributed by atoms with Crippen molar-refractivity contribution in [3.05, 3.63) is 64.5 Å². The van der Waals surface area contributed by atoms with Gasteiger partial charge in [0.25, 0.3) is 0 Å². The molecule has 0 bridgehead atoms. The maximum absolute atomic E-state index is 14.1. The van der Waals surface area contributed by atoms with Gasteiger partial charge in [-0.05, 0) is 49.4 Å². The van der Waals surface area contributed by atoms with Crippen LogP contribution in [0.2, 0.25) is 0 Å². The number of rotatable bonds is 3. The number of halogens is 1. The van der Waals surface area contributed by atoms with E-state index in [2.05, 4.69) is 0 Å². The molecule has 0 radical (unpaired) electrons. The van der Waals surface area contributed by atoms with E-state index in [1.165, 1.54) is 17.8 Å². The summed E-state index contributed by atoms with van der Waals surface area (Å²) in [6, 6.07) is 10.5. The molecule has 0 saturated heterocycles. The van der Waals surface area contributed by atoms with Gasteiger partial charge in [-0.15, -0.1) is 11.8 Å². The van der Waals surface area contributed by atoms with Gasteiger partial charge in [-0.1, -0.05) is 18.2 Å². The van der Waals surface area contributed by atoms with Crippen LogP contribution >= 0.6 is 11.8 Å². The van der Waals surface area contributed by atoms with Crippen molar-refractivity contribution in [1.29, 1.82) is 0 Å². The molecule has 0 aliphatic rings. The topological polar surface area (TPSA) is 17.1 Å². The monoisotopic (exact) mass is 274 g/mol. The molecule has 2 aromatic carbocycles. The first kappa shape index (κ1) is 13.8. The van der Waals surface area contributed by atoms with Crippen LogP contribution in [0.5, 0.6) is 0 Å². The number of hydrogen-bond acceptors (Lipinski definition) is 2. The lowest BCUT2D eigenvalue weighted by Gasteiger charge is -2.10. The van der Waals surface area contributed by atoms with Crippen LogP contribution in [-0.2, 0) is 0 Å². The van der Waals surface area contributed by atoms with Crippen LogP contribution < -0.4 is 0 Å². The zero-order valence-corrected chi connectivity index (χ0v) is 12.0. The lowest BCUT2D eigenvalue weighted by molar-refractivity contribution is 0.103. The molecule has 0 aliphatic heterocycles. The number of carbonyl (C=O) groups is 1. The average molecular weight is 274 g/mol. The molecule has 2 aromatic rings. The van der Waals surface area contributed by atoms with Crippen molar-refractivity contribution in [2.75, 3.05) is 6.26 Å². The Labute approximate surface area is 116 Å². The molecule has 0 unspecified atom stereocenters. The predicted molar refractivity (Wildman–Crippen MR) is 77.5 cm³/mol. The molecule has 0 aromatic heterocycles. The van der Waals surface area contributed by atoms with Gasteiger partial charge in [0.05, 0.1) is 5.56 Å². The normalized spacial score (nSPS) is 10.5. The van der Waals surface area contributed by atoms with Gasteiger partial charge in [0.15, 0.2) is 5.78 Å². The molecule has 98 valence electrons. The minimum Gasteiger partial charge on any atom is -0.288 e. The Kier molecular flexibility index (Phi) is 4.05. The molecule has 3 heteroatoms. The quantitative estimate of drug-likeness (QED) is 0.609. The first-order chi connectivity index (χ1) is 9.04. The standard InChI is InChI=1S/C16H15FOS/c1-10-8-11(2)15(13(17)9-10)16(18)12-6-4-5-7-14(12)19-3/h4-9H,1-3H3. The Bertz CT molecular complexity index is 611. The summed E-state index contributed by atoms with van der Waals surface area (Å²) < 4.78 is 14.1. The van der Waals surface area contributed by atoms with Gasteiger partial charge < -0.3 is 0 Å². The molecule has 0 aliphatic carbocycles. The van der Waals surface area contributed by atoms with Crippen molar-refractivity contribution in [2.24, 2.45) is 0 Å². The maximum atomic E-state index is 14.1. The third kappa shape index (κ3) is 2.71. The number of ketones is 1. The highest BCUT2D eigenvalue weighted by Gasteiger charge is 2.19. The molecule has 0 spiro atoms. The summed E-state index contributed by atoms with van der Waals surface area (Å²) in [5, 5.41) is 0. The third-order valence-corrected chi connectivity index (χ3v) is 3.81. The lowest BCUT2D eigenvalue weighted by Crippen LogP contribution is -2.08. The summed E-state index contributed by atoms with van der Waals surface area (Å²) in [6.45, 7) is 3.59.